The molecule has 0 spiro atoms. The van der Waals surface area contributed by atoms with Gasteiger partial charge in [-0.25, -0.2) is 4.68 Å². The van der Waals surface area contributed by atoms with Gasteiger partial charge in [-0.2, -0.15) is 5.10 Å². The lowest BCUT2D eigenvalue weighted by Gasteiger charge is -2.13. The lowest BCUT2D eigenvalue weighted by atomic mass is 10.2. The number of hydrogen-bond acceptors (Lipinski definition) is 4. The first-order valence-corrected chi connectivity index (χ1v) is 5.30. The molecular formula is C10H16N4O2. The monoisotopic (exact) mass is 224 g/mol. The van der Waals surface area contributed by atoms with Gasteiger partial charge in [0.1, 0.15) is 11.7 Å². The van der Waals surface area contributed by atoms with Gasteiger partial charge < -0.3 is 15.8 Å². The lowest BCUT2D eigenvalue weighted by Crippen LogP contribution is -2.23. The van der Waals surface area contributed by atoms with Crippen LogP contribution in [0.3, 0.4) is 0 Å². The smallest absolute Gasteiger partial charge is 0.256 e. The summed E-state index contributed by atoms with van der Waals surface area (Å²) in [5.41, 5.74) is 6.31. The van der Waals surface area contributed by atoms with E-state index in [0.717, 1.165) is 19.5 Å². The van der Waals surface area contributed by atoms with Gasteiger partial charge in [-0.3, -0.25) is 4.79 Å². The molecule has 0 aromatic carbocycles. The van der Waals surface area contributed by atoms with Crippen molar-refractivity contribution in [1.82, 2.24) is 15.1 Å². The molecule has 1 atom stereocenters. The number of rotatable bonds is 3. The fourth-order valence-electron chi connectivity index (χ4n) is 1.94. The number of nitrogens with one attached hydrogen (secondary N) is 1. The second-order valence-corrected chi connectivity index (χ2v) is 3.99. The van der Waals surface area contributed by atoms with Crippen LogP contribution in [0.1, 0.15) is 22.5 Å². The Labute approximate surface area is 93.8 Å². The van der Waals surface area contributed by atoms with Crippen LogP contribution in [-0.2, 0) is 7.05 Å². The molecule has 1 saturated heterocycles. The molecule has 1 amide bonds. The van der Waals surface area contributed by atoms with E-state index in [9.17, 15) is 4.79 Å². The highest BCUT2D eigenvalue weighted by atomic mass is 16.5. The van der Waals surface area contributed by atoms with Gasteiger partial charge in [-0.05, 0) is 19.9 Å². The first-order valence-electron chi connectivity index (χ1n) is 5.30. The van der Waals surface area contributed by atoms with Crippen molar-refractivity contribution in [2.24, 2.45) is 12.8 Å². The van der Waals surface area contributed by atoms with Crippen molar-refractivity contribution in [2.45, 2.75) is 19.4 Å². The highest BCUT2D eigenvalue weighted by Crippen LogP contribution is 2.22. The molecule has 1 aliphatic rings. The minimum atomic E-state index is -0.494. The van der Waals surface area contributed by atoms with Crippen LogP contribution >= 0.6 is 0 Å². The molecule has 0 radical (unpaired) electrons. The molecule has 16 heavy (non-hydrogen) atoms. The van der Waals surface area contributed by atoms with Gasteiger partial charge in [0, 0.05) is 13.6 Å². The molecule has 3 N–H and O–H groups in total. The van der Waals surface area contributed by atoms with E-state index in [-0.39, 0.29) is 6.10 Å². The maximum atomic E-state index is 11.3. The summed E-state index contributed by atoms with van der Waals surface area (Å²) in [6.45, 7) is 3.48. The quantitative estimate of drug-likeness (QED) is 0.729. The number of primary amides is 1. The third-order valence-electron chi connectivity index (χ3n) is 2.71. The van der Waals surface area contributed by atoms with Gasteiger partial charge in [-0.1, -0.05) is 0 Å². The molecule has 6 heteroatoms. The molecule has 1 unspecified atom stereocenters. The van der Waals surface area contributed by atoms with E-state index in [1.54, 1.807) is 18.7 Å². The number of aromatic nitrogens is 2. The third-order valence-corrected chi connectivity index (χ3v) is 2.71. The normalized spacial score (nSPS) is 20.0. The Morgan fingerprint density at radius 3 is 3.00 bits per heavy atom. The van der Waals surface area contributed by atoms with Crippen molar-refractivity contribution in [1.29, 1.82) is 0 Å². The van der Waals surface area contributed by atoms with Crippen molar-refractivity contribution in [3.8, 4) is 5.88 Å². The van der Waals surface area contributed by atoms with Gasteiger partial charge in [0.25, 0.3) is 5.91 Å². The summed E-state index contributed by atoms with van der Waals surface area (Å²) in [6.07, 6.45) is 1.02. The van der Waals surface area contributed by atoms with E-state index in [0.29, 0.717) is 17.1 Å². The second-order valence-electron chi connectivity index (χ2n) is 3.99. The maximum Gasteiger partial charge on any atom is 0.256 e. The Morgan fingerprint density at radius 1 is 1.69 bits per heavy atom. The van der Waals surface area contributed by atoms with Gasteiger partial charge in [0.05, 0.1) is 5.69 Å². The molecule has 1 aromatic heterocycles. The van der Waals surface area contributed by atoms with Crippen LogP contribution in [0.15, 0.2) is 0 Å². The largest absolute Gasteiger partial charge is 0.473 e. The molecular weight excluding hydrogens is 208 g/mol. The molecule has 1 aliphatic heterocycles. The fraction of sp³-hybridized carbons (Fsp3) is 0.600. The summed E-state index contributed by atoms with van der Waals surface area (Å²) in [5, 5.41) is 7.34. The number of aryl methyl sites for hydroxylation is 2. The Kier molecular flexibility index (Phi) is 2.82. The van der Waals surface area contributed by atoms with Crippen LogP contribution in [0.4, 0.5) is 0 Å². The second kappa shape index (κ2) is 4.13. The summed E-state index contributed by atoms with van der Waals surface area (Å²) < 4.78 is 7.32. The zero-order chi connectivity index (χ0) is 11.7. The first-order chi connectivity index (χ1) is 7.59. The molecule has 0 aliphatic carbocycles. The molecule has 0 bridgehead atoms. The van der Waals surface area contributed by atoms with Crippen molar-refractivity contribution in [2.75, 3.05) is 13.1 Å². The van der Waals surface area contributed by atoms with Crippen LogP contribution in [0.5, 0.6) is 5.88 Å². The number of carbonyl (C=O) groups is 1. The Bertz CT molecular complexity index is 407. The van der Waals surface area contributed by atoms with Crippen LogP contribution in [0.2, 0.25) is 0 Å². The van der Waals surface area contributed by atoms with Crippen molar-refractivity contribution in [3.63, 3.8) is 0 Å². The summed E-state index contributed by atoms with van der Waals surface area (Å²) in [5.74, 6) is -0.0229. The number of hydrogen-bond donors (Lipinski definition) is 2. The SMILES string of the molecule is Cc1nn(C)c(OC2CCNC2)c1C(N)=O. The standard InChI is InChI=1S/C10H16N4O2/c1-6-8(9(11)15)10(14(2)13-6)16-7-3-4-12-5-7/h7,12H,3-5H2,1-2H3,(H2,11,15). The zero-order valence-electron chi connectivity index (χ0n) is 9.49. The Hall–Kier alpha value is -1.56. The van der Waals surface area contributed by atoms with E-state index < -0.39 is 5.91 Å². The maximum absolute atomic E-state index is 11.3. The molecule has 2 heterocycles. The van der Waals surface area contributed by atoms with Crippen molar-refractivity contribution < 1.29 is 9.53 Å². The van der Waals surface area contributed by atoms with E-state index in [1.165, 1.54) is 0 Å². The lowest BCUT2D eigenvalue weighted by molar-refractivity contribution is 0.0992. The van der Waals surface area contributed by atoms with Gasteiger partial charge in [0.2, 0.25) is 5.88 Å². The van der Waals surface area contributed by atoms with Gasteiger partial charge in [-0.15, -0.1) is 0 Å². The first kappa shape index (κ1) is 10.9. The van der Waals surface area contributed by atoms with Gasteiger partial charge in [0.15, 0.2) is 0 Å². The van der Waals surface area contributed by atoms with Crippen LogP contribution in [0, 0.1) is 6.92 Å². The average Bonchev–Trinajstić information content (AvgIpc) is 2.76. The summed E-state index contributed by atoms with van der Waals surface area (Å²) in [6, 6.07) is 0. The van der Waals surface area contributed by atoms with E-state index >= 15 is 0 Å². The van der Waals surface area contributed by atoms with Crippen LogP contribution < -0.4 is 15.8 Å². The molecule has 1 fully saturated rings. The van der Waals surface area contributed by atoms with Crippen molar-refractivity contribution in [3.05, 3.63) is 11.3 Å². The average molecular weight is 224 g/mol. The zero-order valence-corrected chi connectivity index (χ0v) is 9.49. The highest BCUT2D eigenvalue weighted by molar-refractivity contribution is 5.96. The minimum absolute atomic E-state index is 0.0906. The number of nitrogens with zero attached hydrogens (tertiary/aromatic N) is 2. The summed E-state index contributed by atoms with van der Waals surface area (Å²) in [4.78, 5) is 11.3. The van der Waals surface area contributed by atoms with Crippen molar-refractivity contribution >= 4 is 5.91 Å². The molecule has 1 aromatic rings. The molecule has 2 rings (SSSR count). The summed E-state index contributed by atoms with van der Waals surface area (Å²) >= 11 is 0. The van der Waals surface area contributed by atoms with Crippen LogP contribution in [-0.4, -0.2) is 34.9 Å². The molecule has 6 nitrogen and oxygen atoms in total. The number of ether oxygens (including phenoxy) is 1. The fourth-order valence-corrected chi connectivity index (χ4v) is 1.94. The molecule has 0 saturated carbocycles. The van der Waals surface area contributed by atoms with E-state index in [4.69, 9.17) is 10.5 Å². The minimum Gasteiger partial charge on any atom is -0.473 e. The van der Waals surface area contributed by atoms with Gasteiger partial charge >= 0.3 is 0 Å². The summed E-state index contributed by atoms with van der Waals surface area (Å²) in [7, 11) is 1.75. The van der Waals surface area contributed by atoms with E-state index in [2.05, 4.69) is 10.4 Å². The number of carbonyl (C=O) groups excluding carboxylic acids is 1. The third kappa shape index (κ3) is 1.88. The predicted molar refractivity (Wildman–Crippen MR) is 58.4 cm³/mol. The predicted octanol–water partition coefficient (Wildman–Crippen LogP) is -0.432. The number of nitrogens with two attached hydrogens (primary N) is 1. The van der Waals surface area contributed by atoms with Crippen LogP contribution in [0.25, 0.3) is 0 Å². The Morgan fingerprint density at radius 2 is 2.44 bits per heavy atom. The number of amides is 1. The Balaban J connectivity index is 2.27. The van der Waals surface area contributed by atoms with E-state index in [1.807, 2.05) is 0 Å². The highest BCUT2D eigenvalue weighted by Gasteiger charge is 2.24. The molecule has 88 valence electrons. The topological polar surface area (TPSA) is 82.2 Å².